The number of hydrogen-bond donors (Lipinski definition) is 0. The fraction of sp³-hybridized carbons (Fsp3) is 0.148. The highest BCUT2D eigenvalue weighted by Gasteiger charge is 2.35. The quantitative estimate of drug-likeness (QED) is 0.340. The predicted octanol–water partition coefficient (Wildman–Crippen LogP) is 5.90. The lowest BCUT2D eigenvalue weighted by Crippen LogP contribution is -2.27. The molecule has 0 unspecified atom stereocenters. The normalized spacial score (nSPS) is 15.3. The second-order valence-corrected chi connectivity index (χ2v) is 8.27. The number of amides is 1. The van der Waals surface area contributed by atoms with Gasteiger partial charge in [-0.25, -0.2) is 9.99 Å². The molecule has 34 heavy (non-hydrogen) atoms. The van der Waals surface area contributed by atoms with E-state index in [1.807, 2.05) is 66.7 Å². The summed E-state index contributed by atoms with van der Waals surface area (Å²) in [7, 11) is 3.22. The summed E-state index contributed by atoms with van der Waals surface area (Å²) in [5.74, 6) is 1.16. The van der Waals surface area contributed by atoms with E-state index in [-0.39, 0.29) is 5.91 Å². The van der Waals surface area contributed by atoms with Crippen molar-refractivity contribution in [2.75, 3.05) is 14.2 Å². The van der Waals surface area contributed by atoms with E-state index in [0.717, 1.165) is 28.0 Å². The van der Waals surface area contributed by atoms with Crippen LogP contribution in [0, 0.1) is 0 Å². The van der Waals surface area contributed by atoms with E-state index in [2.05, 4.69) is 4.98 Å². The Morgan fingerprint density at radius 2 is 1.76 bits per heavy atom. The SMILES string of the molecule is COc1cccc(C2=NN(C(=O)c3ccccc3)[C@@H](c3cc4cccc(OC)c4nc3Cl)C2)c1. The monoisotopic (exact) mass is 471 g/mol. The van der Waals surface area contributed by atoms with E-state index >= 15 is 0 Å². The molecule has 0 aliphatic carbocycles. The van der Waals surface area contributed by atoms with Gasteiger partial charge in [0.15, 0.2) is 0 Å². The van der Waals surface area contributed by atoms with Crippen LogP contribution in [0.15, 0.2) is 84.0 Å². The number of hydrogen-bond acceptors (Lipinski definition) is 5. The summed E-state index contributed by atoms with van der Waals surface area (Å²) in [5.41, 5.74) is 3.61. The average Bonchev–Trinajstić information content (AvgIpc) is 3.33. The number of hydrazone groups is 1. The topological polar surface area (TPSA) is 64.0 Å². The van der Waals surface area contributed by atoms with Crippen LogP contribution in [-0.4, -0.2) is 35.8 Å². The first kappa shape index (κ1) is 21.9. The molecule has 0 saturated heterocycles. The van der Waals surface area contributed by atoms with Crippen LogP contribution in [0.2, 0.25) is 5.15 Å². The van der Waals surface area contributed by atoms with Gasteiger partial charge >= 0.3 is 0 Å². The number of nitrogens with zero attached hydrogens (tertiary/aromatic N) is 3. The molecular formula is C27H22ClN3O3. The zero-order valence-electron chi connectivity index (χ0n) is 18.7. The van der Waals surface area contributed by atoms with Crippen LogP contribution < -0.4 is 9.47 Å². The van der Waals surface area contributed by atoms with Crippen LogP contribution in [0.5, 0.6) is 11.5 Å². The molecule has 170 valence electrons. The molecule has 1 aliphatic rings. The molecule has 6 nitrogen and oxygen atoms in total. The third kappa shape index (κ3) is 3.97. The second kappa shape index (κ2) is 9.15. The third-order valence-electron chi connectivity index (χ3n) is 5.91. The van der Waals surface area contributed by atoms with Crippen LogP contribution >= 0.6 is 11.6 Å². The number of methoxy groups -OCH3 is 2. The summed E-state index contributed by atoms with van der Waals surface area (Å²) in [6.07, 6.45) is 0.489. The number of ether oxygens (including phenoxy) is 2. The Morgan fingerprint density at radius 1 is 0.971 bits per heavy atom. The fourth-order valence-electron chi connectivity index (χ4n) is 4.19. The first-order valence-corrected chi connectivity index (χ1v) is 11.2. The van der Waals surface area contributed by atoms with Crippen molar-refractivity contribution in [2.24, 2.45) is 5.10 Å². The van der Waals surface area contributed by atoms with Crippen LogP contribution in [-0.2, 0) is 0 Å². The van der Waals surface area contributed by atoms with Gasteiger partial charge in [-0.2, -0.15) is 5.10 Å². The van der Waals surface area contributed by atoms with Crippen LogP contribution in [0.1, 0.15) is 33.9 Å². The molecule has 1 aromatic heterocycles. The molecule has 1 atom stereocenters. The minimum atomic E-state index is -0.412. The maximum atomic E-state index is 13.5. The van der Waals surface area contributed by atoms with Crippen LogP contribution in [0.25, 0.3) is 10.9 Å². The molecule has 1 amide bonds. The van der Waals surface area contributed by atoms with E-state index < -0.39 is 6.04 Å². The van der Waals surface area contributed by atoms with Gasteiger partial charge in [0.1, 0.15) is 22.2 Å². The van der Waals surface area contributed by atoms with Gasteiger partial charge < -0.3 is 9.47 Å². The molecule has 0 saturated carbocycles. The molecule has 3 aromatic carbocycles. The molecule has 1 aliphatic heterocycles. The summed E-state index contributed by atoms with van der Waals surface area (Å²) in [6, 6.07) is 24.0. The summed E-state index contributed by atoms with van der Waals surface area (Å²) < 4.78 is 10.8. The lowest BCUT2D eigenvalue weighted by atomic mass is 9.98. The maximum Gasteiger partial charge on any atom is 0.274 e. The van der Waals surface area contributed by atoms with Gasteiger partial charge in [0.2, 0.25) is 0 Å². The highest BCUT2D eigenvalue weighted by atomic mass is 35.5. The van der Waals surface area contributed by atoms with Crippen molar-refractivity contribution in [3.63, 3.8) is 0 Å². The molecule has 2 heterocycles. The third-order valence-corrected chi connectivity index (χ3v) is 6.21. The average molecular weight is 472 g/mol. The number of fused-ring (bicyclic) bond motifs is 1. The molecule has 0 spiro atoms. The van der Waals surface area contributed by atoms with E-state index in [4.69, 9.17) is 26.2 Å². The molecule has 0 fully saturated rings. The van der Waals surface area contributed by atoms with Crippen molar-refractivity contribution < 1.29 is 14.3 Å². The van der Waals surface area contributed by atoms with E-state index in [9.17, 15) is 4.79 Å². The number of rotatable bonds is 5. The zero-order valence-corrected chi connectivity index (χ0v) is 19.5. The molecule has 0 bridgehead atoms. The molecule has 5 rings (SSSR count). The number of pyridine rings is 1. The lowest BCUT2D eigenvalue weighted by Gasteiger charge is -2.23. The Labute approximate surface area is 202 Å². The van der Waals surface area contributed by atoms with Gasteiger partial charge in [-0.15, -0.1) is 0 Å². The van der Waals surface area contributed by atoms with Crippen molar-refractivity contribution in [1.29, 1.82) is 0 Å². The van der Waals surface area contributed by atoms with Gasteiger partial charge in [0.25, 0.3) is 5.91 Å². The summed E-state index contributed by atoms with van der Waals surface area (Å²) in [4.78, 5) is 18.1. The van der Waals surface area contributed by atoms with Gasteiger partial charge in [0, 0.05) is 28.5 Å². The smallest absolute Gasteiger partial charge is 0.274 e. The summed E-state index contributed by atoms with van der Waals surface area (Å²) in [6.45, 7) is 0. The predicted molar refractivity (Wildman–Crippen MR) is 133 cm³/mol. The molecule has 0 N–H and O–H groups in total. The minimum Gasteiger partial charge on any atom is -0.497 e. The molecule has 4 aromatic rings. The number of benzene rings is 3. The fourth-order valence-corrected chi connectivity index (χ4v) is 4.46. The zero-order chi connectivity index (χ0) is 23.7. The van der Waals surface area contributed by atoms with Crippen molar-refractivity contribution in [3.8, 4) is 11.5 Å². The first-order chi connectivity index (χ1) is 16.6. The minimum absolute atomic E-state index is 0.203. The maximum absolute atomic E-state index is 13.5. The molecule has 0 radical (unpaired) electrons. The van der Waals surface area contributed by atoms with Crippen molar-refractivity contribution in [2.45, 2.75) is 12.5 Å². The van der Waals surface area contributed by atoms with Crippen molar-refractivity contribution in [3.05, 3.63) is 101 Å². The number of carbonyl (C=O) groups is 1. The molecular weight excluding hydrogens is 450 g/mol. The number of para-hydroxylation sites is 1. The van der Waals surface area contributed by atoms with E-state index in [1.54, 1.807) is 26.4 Å². The Kier molecular flexibility index (Phi) is 5.90. The molecule has 7 heteroatoms. The van der Waals surface area contributed by atoms with Crippen LogP contribution in [0.4, 0.5) is 0 Å². The van der Waals surface area contributed by atoms with Gasteiger partial charge in [-0.05, 0) is 36.4 Å². The highest BCUT2D eigenvalue weighted by Crippen LogP contribution is 2.39. The summed E-state index contributed by atoms with van der Waals surface area (Å²) in [5, 5.41) is 7.46. The van der Waals surface area contributed by atoms with Crippen LogP contribution in [0.3, 0.4) is 0 Å². The number of carbonyl (C=O) groups excluding carboxylic acids is 1. The Morgan fingerprint density at radius 3 is 2.53 bits per heavy atom. The first-order valence-electron chi connectivity index (χ1n) is 10.8. The largest absolute Gasteiger partial charge is 0.497 e. The standard InChI is InChI=1S/C27H22ClN3O3/c1-33-20-12-6-10-18(14-20)22-16-23(31(30-22)27(32)17-8-4-3-5-9-17)21-15-19-11-7-13-24(34-2)25(19)29-26(21)28/h3-15,23H,16H2,1-2H3/t23-/m1/s1. The van der Waals surface area contributed by atoms with Gasteiger partial charge in [-0.3, -0.25) is 4.79 Å². The Balaban J connectivity index is 1.61. The van der Waals surface area contributed by atoms with E-state index in [1.165, 1.54) is 5.01 Å². The van der Waals surface area contributed by atoms with Crippen molar-refractivity contribution >= 4 is 34.1 Å². The highest BCUT2D eigenvalue weighted by molar-refractivity contribution is 6.30. The Hall–Kier alpha value is -3.90. The van der Waals surface area contributed by atoms with Gasteiger partial charge in [0.05, 0.1) is 26.0 Å². The lowest BCUT2D eigenvalue weighted by molar-refractivity contribution is 0.0711. The number of aromatic nitrogens is 1. The van der Waals surface area contributed by atoms with Crippen molar-refractivity contribution in [1.82, 2.24) is 9.99 Å². The second-order valence-electron chi connectivity index (χ2n) is 7.91. The van der Waals surface area contributed by atoms with Gasteiger partial charge in [-0.1, -0.05) is 54.1 Å². The Bertz CT molecular complexity index is 1410. The summed E-state index contributed by atoms with van der Waals surface area (Å²) >= 11 is 6.69. The number of halogens is 1. The van der Waals surface area contributed by atoms with E-state index in [0.29, 0.717) is 28.4 Å².